The Bertz CT molecular complexity index is 486. The summed E-state index contributed by atoms with van der Waals surface area (Å²) in [6.45, 7) is 0.207. The molecule has 0 atom stereocenters. The smallest absolute Gasteiger partial charge is 0.163 e. The van der Waals surface area contributed by atoms with E-state index in [-0.39, 0.29) is 12.1 Å². The molecule has 2 aromatic carbocycles. The first-order valence-corrected chi connectivity index (χ1v) is 5.24. The van der Waals surface area contributed by atoms with Gasteiger partial charge >= 0.3 is 0 Å². The van der Waals surface area contributed by atoms with E-state index in [1.807, 2.05) is 30.3 Å². The molecular formula is C13H12F2N2. The van der Waals surface area contributed by atoms with E-state index in [4.69, 9.17) is 0 Å². The number of hydrogen-bond acceptors (Lipinski definition) is 2. The van der Waals surface area contributed by atoms with Crippen molar-refractivity contribution in [3.8, 4) is 0 Å². The van der Waals surface area contributed by atoms with E-state index in [0.717, 1.165) is 11.8 Å². The highest BCUT2D eigenvalue weighted by atomic mass is 19.2. The van der Waals surface area contributed by atoms with Crippen LogP contribution >= 0.6 is 0 Å². The SMILES string of the molecule is Fc1cccc(CNNc2ccccc2)c1F. The Morgan fingerprint density at radius 1 is 0.882 bits per heavy atom. The average Bonchev–Trinajstić information content (AvgIpc) is 2.36. The molecule has 0 aliphatic carbocycles. The van der Waals surface area contributed by atoms with Crippen LogP contribution in [0.2, 0.25) is 0 Å². The minimum Gasteiger partial charge on any atom is -0.321 e. The summed E-state index contributed by atoms with van der Waals surface area (Å²) in [5, 5.41) is 0. The summed E-state index contributed by atoms with van der Waals surface area (Å²) >= 11 is 0. The number of hydrogen-bond donors (Lipinski definition) is 2. The Balaban J connectivity index is 1.93. The molecule has 0 aliphatic rings. The van der Waals surface area contributed by atoms with Gasteiger partial charge in [-0.2, -0.15) is 0 Å². The van der Waals surface area contributed by atoms with Gasteiger partial charge in [0.15, 0.2) is 11.6 Å². The number of para-hydroxylation sites is 1. The lowest BCUT2D eigenvalue weighted by molar-refractivity contribution is 0.495. The minimum atomic E-state index is -0.830. The van der Waals surface area contributed by atoms with Crippen molar-refractivity contribution in [1.82, 2.24) is 5.43 Å². The minimum absolute atomic E-state index is 0.207. The van der Waals surface area contributed by atoms with E-state index in [0.29, 0.717) is 0 Å². The third kappa shape index (κ3) is 3.01. The fourth-order valence-corrected chi connectivity index (χ4v) is 1.45. The molecule has 0 amide bonds. The summed E-state index contributed by atoms with van der Waals surface area (Å²) in [7, 11) is 0. The lowest BCUT2D eigenvalue weighted by Gasteiger charge is -2.09. The fourth-order valence-electron chi connectivity index (χ4n) is 1.45. The highest BCUT2D eigenvalue weighted by Gasteiger charge is 2.06. The average molecular weight is 234 g/mol. The Morgan fingerprint density at radius 2 is 1.65 bits per heavy atom. The van der Waals surface area contributed by atoms with Gasteiger partial charge in [0.05, 0.1) is 0 Å². The third-order valence-electron chi connectivity index (χ3n) is 2.32. The van der Waals surface area contributed by atoms with E-state index in [9.17, 15) is 8.78 Å². The monoisotopic (exact) mass is 234 g/mol. The van der Waals surface area contributed by atoms with Crippen molar-refractivity contribution in [1.29, 1.82) is 0 Å². The first-order chi connectivity index (χ1) is 8.27. The normalized spacial score (nSPS) is 10.2. The second-order valence-corrected chi connectivity index (χ2v) is 3.56. The first kappa shape index (κ1) is 11.5. The Kier molecular flexibility index (Phi) is 3.67. The molecule has 0 saturated carbocycles. The molecule has 0 radical (unpaired) electrons. The van der Waals surface area contributed by atoms with Crippen LogP contribution in [0.3, 0.4) is 0 Å². The van der Waals surface area contributed by atoms with E-state index < -0.39 is 11.6 Å². The number of anilines is 1. The molecule has 2 N–H and O–H groups in total. The van der Waals surface area contributed by atoms with Crippen molar-refractivity contribution in [3.05, 3.63) is 65.7 Å². The summed E-state index contributed by atoms with van der Waals surface area (Å²) in [6.07, 6.45) is 0. The van der Waals surface area contributed by atoms with Crippen molar-refractivity contribution < 1.29 is 8.78 Å². The second-order valence-electron chi connectivity index (χ2n) is 3.56. The van der Waals surface area contributed by atoms with Gasteiger partial charge in [0.2, 0.25) is 0 Å². The molecule has 88 valence electrons. The maximum Gasteiger partial charge on any atom is 0.163 e. The number of hydrazine groups is 1. The van der Waals surface area contributed by atoms with Crippen LogP contribution < -0.4 is 10.9 Å². The molecule has 0 unspecified atom stereocenters. The van der Waals surface area contributed by atoms with Crippen LogP contribution in [0.4, 0.5) is 14.5 Å². The molecule has 0 aromatic heterocycles. The van der Waals surface area contributed by atoms with Gasteiger partial charge in [-0.1, -0.05) is 30.3 Å². The van der Waals surface area contributed by atoms with Crippen LogP contribution in [0, 0.1) is 11.6 Å². The molecule has 0 bridgehead atoms. The standard InChI is InChI=1S/C13H12F2N2/c14-12-8-4-5-10(13(12)15)9-16-17-11-6-2-1-3-7-11/h1-8,16-17H,9H2. The van der Waals surface area contributed by atoms with Crippen LogP contribution in [0.5, 0.6) is 0 Å². The van der Waals surface area contributed by atoms with Gasteiger partial charge < -0.3 is 5.43 Å². The van der Waals surface area contributed by atoms with Gasteiger partial charge in [-0.25, -0.2) is 14.2 Å². The molecule has 2 rings (SSSR count). The molecule has 2 aromatic rings. The van der Waals surface area contributed by atoms with Crippen LogP contribution in [-0.4, -0.2) is 0 Å². The van der Waals surface area contributed by atoms with E-state index in [1.54, 1.807) is 0 Å². The van der Waals surface area contributed by atoms with Crippen LogP contribution in [0.25, 0.3) is 0 Å². The number of nitrogens with one attached hydrogen (secondary N) is 2. The molecule has 4 heteroatoms. The zero-order valence-electron chi connectivity index (χ0n) is 9.08. The molecule has 0 spiro atoms. The predicted molar refractivity (Wildman–Crippen MR) is 63.3 cm³/mol. The highest BCUT2D eigenvalue weighted by Crippen LogP contribution is 2.11. The summed E-state index contributed by atoms with van der Waals surface area (Å²) in [6, 6.07) is 13.5. The molecule has 0 aliphatic heterocycles. The summed E-state index contributed by atoms with van der Waals surface area (Å²) in [5.74, 6) is -1.64. The highest BCUT2D eigenvalue weighted by molar-refractivity contribution is 5.41. The van der Waals surface area contributed by atoms with Gasteiger partial charge in [-0.3, -0.25) is 0 Å². The lowest BCUT2D eigenvalue weighted by Crippen LogP contribution is -2.21. The van der Waals surface area contributed by atoms with E-state index in [2.05, 4.69) is 10.9 Å². The topological polar surface area (TPSA) is 24.1 Å². The molecule has 17 heavy (non-hydrogen) atoms. The Hall–Kier alpha value is -1.94. The molecule has 2 nitrogen and oxygen atoms in total. The lowest BCUT2D eigenvalue weighted by atomic mass is 10.2. The van der Waals surface area contributed by atoms with E-state index in [1.165, 1.54) is 12.1 Å². The van der Waals surface area contributed by atoms with Gasteiger partial charge in [-0.05, 0) is 18.2 Å². The maximum atomic E-state index is 13.3. The number of benzene rings is 2. The van der Waals surface area contributed by atoms with Crippen molar-refractivity contribution in [3.63, 3.8) is 0 Å². The van der Waals surface area contributed by atoms with E-state index >= 15 is 0 Å². The fraction of sp³-hybridized carbons (Fsp3) is 0.0769. The number of halogens is 2. The summed E-state index contributed by atoms with van der Waals surface area (Å²) in [4.78, 5) is 0. The van der Waals surface area contributed by atoms with Gasteiger partial charge in [0.1, 0.15) is 0 Å². The summed E-state index contributed by atoms with van der Waals surface area (Å²) < 4.78 is 26.2. The van der Waals surface area contributed by atoms with Crippen molar-refractivity contribution in [2.45, 2.75) is 6.54 Å². The van der Waals surface area contributed by atoms with Crippen molar-refractivity contribution in [2.24, 2.45) is 0 Å². The molecule has 0 fully saturated rings. The largest absolute Gasteiger partial charge is 0.321 e. The van der Waals surface area contributed by atoms with Crippen LogP contribution in [0.1, 0.15) is 5.56 Å². The van der Waals surface area contributed by atoms with Gasteiger partial charge in [0, 0.05) is 17.8 Å². The predicted octanol–water partition coefficient (Wildman–Crippen LogP) is 3.08. The quantitative estimate of drug-likeness (QED) is 0.794. The Morgan fingerprint density at radius 3 is 2.41 bits per heavy atom. The summed E-state index contributed by atoms with van der Waals surface area (Å²) in [5.41, 5.74) is 6.88. The zero-order valence-corrected chi connectivity index (χ0v) is 9.08. The zero-order chi connectivity index (χ0) is 12.1. The second kappa shape index (κ2) is 5.41. The number of rotatable bonds is 4. The molecular weight excluding hydrogens is 222 g/mol. The van der Waals surface area contributed by atoms with Crippen molar-refractivity contribution in [2.75, 3.05) is 5.43 Å². The maximum absolute atomic E-state index is 13.3. The van der Waals surface area contributed by atoms with Crippen molar-refractivity contribution >= 4 is 5.69 Å². The molecule has 0 heterocycles. The Labute approximate surface area is 98.3 Å². The van der Waals surface area contributed by atoms with Crippen LogP contribution in [0.15, 0.2) is 48.5 Å². The first-order valence-electron chi connectivity index (χ1n) is 5.24. The van der Waals surface area contributed by atoms with Crippen LogP contribution in [-0.2, 0) is 6.54 Å². The molecule has 0 saturated heterocycles. The van der Waals surface area contributed by atoms with Gasteiger partial charge in [0.25, 0.3) is 0 Å². The third-order valence-corrected chi connectivity index (χ3v) is 2.32. The van der Waals surface area contributed by atoms with Gasteiger partial charge in [-0.15, -0.1) is 0 Å².